The minimum Gasteiger partial charge on any atom is -0.381 e. The summed E-state index contributed by atoms with van der Waals surface area (Å²) in [7, 11) is 0. The van der Waals surface area contributed by atoms with Gasteiger partial charge in [0.1, 0.15) is 0 Å². The van der Waals surface area contributed by atoms with Crippen molar-refractivity contribution in [3.8, 4) is 0 Å². The summed E-state index contributed by atoms with van der Waals surface area (Å²) in [4.78, 5) is 17.4. The maximum absolute atomic E-state index is 12.6. The number of hydrogen-bond donors (Lipinski definition) is 0. The molecule has 1 atom stereocenters. The summed E-state index contributed by atoms with van der Waals surface area (Å²) in [5.74, 6) is 0.457. The molecule has 1 amide bonds. The zero-order chi connectivity index (χ0) is 18.0. The van der Waals surface area contributed by atoms with E-state index in [1.165, 1.54) is 37.1 Å². The van der Waals surface area contributed by atoms with E-state index in [1.54, 1.807) is 0 Å². The normalized spacial score (nSPS) is 26.3. The van der Waals surface area contributed by atoms with E-state index in [4.69, 9.17) is 4.74 Å². The number of benzene rings is 1. The smallest absolute Gasteiger partial charge is 0.228 e. The molecule has 0 unspecified atom stereocenters. The first-order valence-electron chi connectivity index (χ1n) is 10.3. The van der Waals surface area contributed by atoms with Gasteiger partial charge in [-0.25, -0.2) is 0 Å². The SMILES string of the molecule is Cc1ccc(CN2CCCC3(CCN(C(=O)[C@@H]4CCOC4)CC3)C2)cc1. The average Bonchev–Trinajstić information content (AvgIpc) is 3.19. The highest BCUT2D eigenvalue weighted by Crippen LogP contribution is 2.40. The Morgan fingerprint density at radius 2 is 1.92 bits per heavy atom. The highest BCUT2D eigenvalue weighted by molar-refractivity contribution is 5.79. The molecular formula is C22H32N2O2. The number of amides is 1. The van der Waals surface area contributed by atoms with Gasteiger partial charge in [0, 0.05) is 32.8 Å². The largest absolute Gasteiger partial charge is 0.381 e. The van der Waals surface area contributed by atoms with Crippen LogP contribution in [0.5, 0.6) is 0 Å². The monoisotopic (exact) mass is 356 g/mol. The maximum atomic E-state index is 12.6. The van der Waals surface area contributed by atoms with Crippen LogP contribution in [0.3, 0.4) is 0 Å². The van der Waals surface area contributed by atoms with Crippen molar-refractivity contribution in [2.75, 3.05) is 39.4 Å². The Morgan fingerprint density at radius 1 is 1.15 bits per heavy atom. The fourth-order valence-electron chi connectivity index (χ4n) is 4.99. The van der Waals surface area contributed by atoms with Gasteiger partial charge in [-0.1, -0.05) is 29.8 Å². The van der Waals surface area contributed by atoms with Crippen molar-refractivity contribution >= 4 is 5.91 Å². The number of carbonyl (C=O) groups excluding carboxylic acids is 1. The van der Waals surface area contributed by atoms with Crippen molar-refractivity contribution in [3.63, 3.8) is 0 Å². The minimum atomic E-state index is 0.119. The van der Waals surface area contributed by atoms with Crippen LogP contribution in [-0.4, -0.2) is 55.1 Å². The van der Waals surface area contributed by atoms with Gasteiger partial charge in [0.05, 0.1) is 12.5 Å². The van der Waals surface area contributed by atoms with Crippen LogP contribution in [0.1, 0.15) is 43.2 Å². The Balaban J connectivity index is 1.32. The molecule has 3 fully saturated rings. The number of likely N-dealkylation sites (tertiary alicyclic amines) is 2. The van der Waals surface area contributed by atoms with Gasteiger partial charge in [0.25, 0.3) is 0 Å². The van der Waals surface area contributed by atoms with Crippen LogP contribution in [0.15, 0.2) is 24.3 Å². The van der Waals surface area contributed by atoms with Crippen LogP contribution in [0.4, 0.5) is 0 Å². The zero-order valence-corrected chi connectivity index (χ0v) is 16.1. The standard InChI is InChI=1S/C22H32N2O2/c1-18-3-5-19(6-4-18)15-23-11-2-8-22(17-23)9-12-24(13-10-22)21(25)20-7-14-26-16-20/h3-6,20H,2,7-17H2,1H3/t20-/m1/s1. The second-order valence-electron chi connectivity index (χ2n) is 8.69. The van der Waals surface area contributed by atoms with Gasteiger partial charge in [0.15, 0.2) is 0 Å². The third-order valence-electron chi connectivity index (χ3n) is 6.68. The second kappa shape index (κ2) is 7.69. The lowest BCUT2D eigenvalue weighted by molar-refractivity contribution is -0.138. The molecule has 3 heterocycles. The molecule has 0 radical (unpaired) electrons. The van der Waals surface area contributed by atoms with Crippen LogP contribution < -0.4 is 0 Å². The summed E-state index contributed by atoms with van der Waals surface area (Å²) in [6.45, 7) is 8.86. The predicted octanol–water partition coefficient (Wildman–Crippen LogP) is 3.24. The van der Waals surface area contributed by atoms with Gasteiger partial charge in [-0.05, 0) is 56.6 Å². The van der Waals surface area contributed by atoms with E-state index in [9.17, 15) is 4.79 Å². The van der Waals surface area contributed by atoms with Crippen molar-refractivity contribution < 1.29 is 9.53 Å². The maximum Gasteiger partial charge on any atom is 0.228 e. The third kappa shape index (κ3) is 3.96. The van der Waals surface area contributed by atoms with Gasteiger partial charge in [-0.15, -0.1) is 0 Å². The Bertz CT molecular complexity index is 614. The molecule has 26 heavy (non-hydrogen) atoms. The Kier molecular flexibility index (Phi) is 5.32. The van der Waals surface area contributed by atoms with E-state index in [-0.39, 0.29) is 5.92 Å². The van der Waals surface area contributed by atoms with Gasteiger partial charge in [0.2, 0.25) is 5.91 Å². The second-order valence-corrected chi connectivity index (χ2v) is 8.69. The summed E-state index contributed by atoms with van der Waals surface area (Å²) in [5.41, 5.74) is 3.17. The summed E-state index contributed by atoms with van der Waals surface area (Å²) < 4.78 is 5.40. The van der Waals surface area contributed by atoms with E-state index >= 15 is 0 Å². The summed E-state index contributed by atoms with van der Waals surface area (Å²) in [6.07, 6.45) is 5.85. The van der Waals surface area contributed by atoms with E-state index in [0.29, 0.717) is 17.9 Å². The molecule has 0 N–H and O–H groups in total. The minimum absolute atomic E-state index is 0.119. The fourth-order valence-corrected chi connectivity index (χ4v) is 4.99. The lowest BCUT2D eigenvalue weighted by atomic mass is 9.72. The third-order valence-corrected chi connectivity index (χ3v) is 6.68. The van der Waals surface area contributed by atoms with E-state index < -0.39 is 0 Å². The fraction of sp³-hybridized carbons (Fsp3) is 0.682. The van der Waals surface area contributed by atoms with Crippen molar-refractivity contribution in [2.45, 2.75) is 45.6 Å². The number of nitrogens with zero attached hydrogens (tertiary/aromatic N) is 2. The molecule has 3 aliphatic heterocycles. The highest BCUT2D eigenvalue weighted by Gasteiger charge is 2.40. The molecule has 0 saturated carbocycles. The van der Waals surface area contributed by atoms with E-state index in [2.05, 4.69) is 41.0 Å². The Morgan fingerprint density at radius 3 is 2.62 bits per heavy atom. The lowest BCUT2D eigenvalue weighted by Crippen LogP contribution is -2.51. The molecule has 1 spiro atoms. The lowest BCUT2D eigenvalue weighted by Gasteiger charge is -2.48. The number of hydrogen-bond acceptors (Lipinski definition) is 3. The molecule has 4 rings (SSSR count). The Hall–Kier alpha value is -1.39. The molecule has 4 heteroatoms. The number of piperidine rings is 2. The first-order chi connectivity index (χ1) is 12.6. The average molecular weight is 357 g/mol. The number of aryl methyl sites for hydroxylation is 1. The molecule has 0 bridgehead atoms. The van der Waals surface area contributed by atoms with Crippen LogP contribution in [0.25, 0.3) is 0 Å². The van der Waals surface area contributed by atoms with Crippen LogP contribution in [0, 0.1) is 18.3 Å². The number of carbonyl (C=O) groups is 1. The first kappa shape index (κ1) is 18.0. The van der Waals surface area contributed by atoms with Crippen molar-refractivity contribution in [3.05, 3.63) is 35.4 Å². The number of rotatable bonds is 3. The first-order valence-corrected chi connectivity index (χ1v) is 10.3. The Labute approximate surface area is 157 Å². The van der Waals surface area contributed by atoms with Gasteiger partial charge >= 0.3 is 0 Å². The molecule has 4 nitrogen and oxygen atoms in total. The van der Waals surface area contributed by atoms with E-state index in [1.807, 2.05) is 0 Å². The highest BCUT2D eigenvalue weighted by atomic mass is 16.5. The van der Waals surface area contributed by atoms with Crippen LogP contribution >= 0.6 is 0 Å². The predicted molar refractivity (Wildman–Crippen MR) is 103 cm³/mol. The zero-order valence-electron chi connectivity index (χ0n) is 16.1. The summed E-state index contributed by atoms with van der Waals surface area (Å²) in [5, 5.41) is 0. The van der Waals surface area contributed by atoms with Gasteiger partial charge in [-0.2, -0.15) is 0 Å². The molecule has 1 aromatic rings. The van der Waals surface area contributed by atoms with Crippen molar-refractivity contribution in [1.29, 1.82) is 0 Å². The van der Waals surface area contributed by atoms with E-state index in [0.717, 1.165) is 45.5 Å². The number of ether oxygens (including phenoxy) is 1. The molecule has 3 saturated heterocycles. The summed E-state index contributed by atoms with van der Waals surface area (Å²) in [6, 6.07) is 8.96. The molecular weight excluding hydrogens is 324 g/mol. The summed E-state index contributed by atoms with van der Waals surface area (Å²) >= 11 is 0. The molecule has 1 aromatic carbocycles. The molecule has 0 aromatic heterocycles. The van der Waals surface area contributed by atoms with Crippen molar-refractivity contribution in [1.82, 2.24) is 9.80 Å². The molecule has 3 aliphatic rings. The molecule has 0 aliphatic carbocycles. The van der Waals surface area contributed by atoms with Gasteiger partial charge in [-0.3, -0.25) is 9.69 Å². The topological polar surface area (TPSA) is 32.8 Å². The van der Waals surface area contributed by atoms with Crippen molar-refractivity contribution in [2.24, 2.45) is 11.3 Å². The quantitative estimate of drug-likeness (QED) is 0.833. The van der Waals surface area contributed by atoms with Gasteiger partial charge < -0.3 is 9.64 Å². The van der Waals surface area contributed by atoms with Crippen LogP contribution in [0.2, 0.25) is 0 Å². The van der Waals surface area contributed by atoms with Crippen LogP contribution in [-0.2, 0) is 16.1 Å². The molecule has 142 valence electrons.